The Kier molecular flexibility index (Phi) is 31.4. The topological polar surface area (TPSA) is 161 Å². The van der Waals surface area contributed by atoms with Gasteiger partial charge in [-0.2, -0.15) is 0 Å². The fourth-order valence-electron chi connectivity index (χ4n) is 0. The molecule has 0 saturated carbocycles. The molecule has 0 aliphatic heterocycles. The monoisotopic (exact) mass is 325 g/mol. The van der Waals surface area contributed by atoms with Gasteiger partial charge in [0, 0.05) is 20.8 Å². The first kappa shape index (κ1) is 30.0. The summed E-state index contributed by atoms with van der Waals surface area (Å²) in [6.45, 7) is 0. The summed E-state index contributed by atoms with van der Waals surface area (Å²) in [4.78, 5) is 0. The van der Waals surface area contributed by atoms with Gasteiger partial charge in [0.1, 0.15) is 0 Å². The molecule has 0 amide bonds. The van der Waals surface area contributed by atoms with Gasteiger partial charge in [0.15, 0.2) is 0 Å². The Bertz CT molecular complexity index is 217. The van der Waals surface area contributed by atoms with Gasteiger partial charge in [0.05, 0.1) is 0 Å². The third kappa shape index (κ3) is 228. The number of rotatable bonds is 0. The maximum absolute atomic E-state index is 8.52. The van der Waals surface area contributed by atoms with Crippen LogP contribution in [0.3, 0.4) is 0 Å². The summed E-state index contributed by atoms with van der Waals surface area (Å²) < 4.78 is 68.2. The van der Waals surface area contributed by atoms with E-state index in [4.69, 9.17) is 35.0 Å². The van der Waals surface area contributed by atoms with Crippen LogP contribution in [0, 0.1) is 0 Å². The van der Waals surface area contributed by atoms with E-state index in [2.05, 4.69) is 0 Å². The minimum atomic E-state index is -5.17. The van der Waals surface area contributed by atoms with Crippen LogP contribution in [0.1, 0.15) is 0 Å². The van der Waals surface area contributed by atoms with E-state index in [9.17, 15) is 0 Å². The van der Waals surface area contributed by atoms with Gasteiger partial charge in [-0.05, 0) is 0 Å². The normalized spacial score (nSPS) is 8.92. The van der Waals surface area contributed by atoms with Crippen molar-refractivity contribution in [1.29, 1.82) is 0 Å². The van der Waals surface area contributed by atoms with Crippen molar-refractivity contribution in [3.63, 3.8) is 0 Å². The van der Waals surface area contributed by atoms with Crippen LogP contribution in [-0.4, -0.2) is 35.0 Å². The van der Waals surface area contributed by atoms with Gasteiger partial charge in [-0.15, -0.1) is 0 Å². The predicted octanol–water partition coefficient (Wildman–Crippen LogP) is -8.67. The van der Waals surface area contributed by atoms with Crippen LogP contribution >= 0.6 is 0 Å². The molecular formula is K2MnO8S2. The average Bonchev–Trinajstić information content (AvgIpc) is 1.12. The van der Waals surface area contributed by atoms with Crippen molar-refractivity contribution in [1.82, 2.24) is 0 Å². The smallest absolute Gasteiger partial charge is 0.759 e. The Balaban J connectivity index is -0.0000000267. The van der Waals surface area contributed by atoms with Crippen molar-refractivity contribution in [2.24, 2.45) is 0 Å². The molecule has 0 aliphatic rings. The molecule has 0 bridgehead atoms. The second-order valence-corrected chi connectivity index (χ2v) is 2.45. The van der Waals surface area contributed by atoms with Crippen LogP contribution in [-0.2, 0) is 37.9 Å². The van der Waals surface area contributed by atoms with Crippen molar-refractivity contribution < 1.29 is 155 Å². The van der Waals surface area contributed by atoms with Crippen molar-refractivity contribution >= 4 is 20.8 Å². The van der Waals surface area contributed by atoms with Crippen molar-refractivity contribution in [2.75, 3.05) is 0 Å². The molecule has 0 aliphatic carbocycles. The zero-order valence-corrected chi connectivity index (χ0v) is 15.5. The minimum absolute atomic E-state index is 0. The molecular weight excluding hydrogens is 325 g/mol. The first-order chi connectivity index (χ1) is 4.00. The second-order valence-electron chi connectivity index (χ2n) is 0.816. The summed E-state index contributed by atoms with van der Waals surface area (Å²) in [5, 5.41) is 0. The van der Waals surface area contributed by atoms with Crippen molar-refractivity contribution in [3.05, 3.63) is 0 Å². The molecule has 0 aromatic heterocycles. The molecule has 0 N–H and O–H groups in total. The SMILES string of the molecule is O=S(=O)([O-])[O-].O=S(=O)([O-])[O-].[K+].[K+].[Mn+2]. The largest absolute Gasteiger partial charge is 2.00 e. The summed E-state index contributed by atoms with van der Waals surface area (Å²) in [6, 6.07) is 0. The van der Waals surface area contributed by atoms with E-state index in [1.54, 1.807) is 0 Å². The molecule has 8 nitrogen and oxygen atoms in total. The van der Waals surface area contributed by atoms with Crippen LogP contribution < -0.4 is 103 Å². The second kappa shape index (κ2) is 13.6. The average molecular weight is 325 g/mol. The first-order valence-electron chi connectivity index (χ1n) is 1.33. The van der Waals surface area contributed by atoms with Gasteiger partial charge >= 0.3 is 120 Å². The Hall–Kier alpha value is 3.53. The zero-order chi connectivity index (χ0) is 9.00. The summed E-state index contributed by atoms with van der Waals surface area (Å²) in [7, 11) is -10.3. The Morgan fingerprint density at radius 1 is 0.615 bits per heavy atom. The first-order valence-corrected chi connectivity index (χ1v) is 4.00. The third-order valence-electron chi connectivity index (χ3n) is 0. The molecule has 13 heteroatoms. The minimum Gasteiger partial charge on any atom is -0.759 e. The van der Waals surface area contributed by atoms with E-state index in [-0.39, 0.29) is 120 Å². The van der Waals surface area contributed by atoms with Gasteiger partial charge in [-0.1, -0.05) is 0 Å². The maximum Gasteiger partial charge on any atom is 2.00 e. The van der Waals surface area contributed by atoms with Gasteiger partial charge in [-0.25, -0.2) is 0 Å². The molecule has 0 unspecified atom stereocenters. The predicted molar refractivity (Wildman–Crippen MR) is 20.9 cm³/mol. The van der Waals surface area contributed by atoms with Crippen LogP contribution in [0.4, 0.5) is 0 Å². The fourth-order valence-corrected chi connectivity index (χ4v) is 0. The fraction of sp³-hybridized carbons (Fsp3) is 0. The molecule has 0 heterocycles. The van der Waals surface area contributed by atoms with Crippen LogP contribution in [0.15, 0.2) is 0 Å². The zero-order valence-electron chi connectivity index (χ0n) is 6.46. The standard InChI is InChI=1S/2K.Mn.2H2O4S/c;;;2*1-5(2,3)4/h;;;2*(H2,1,2,3,4)/q2*+1;+2;;/p-4. The number of hydrogen-bond acceptors (Lipinski definition) is 8. The van der Waals surface area contributed by atoms with Crippen LogP contribution in [0.25, 0.3) is 0 Å². The molecule has 1 radical (unpaired) electrons. The molecule has 0 atom stereocenters. The van der Waals surface area contributed by atoms with E-state index >= 15 is 0 Å². The molecule has 0 aromatic carbocycles. The van der Waals surface area contributed by atoms with E-state index < -0.39 is 20.8 Å². The molecule has 0 aromatic rings. The van der Waals surface area contributed by atoms with E-state index in [0.29, 0.717) is 0 Å². The van der Waals surface area contributed by atoms with Crippen LogP contribution in [0.5, 0.6) is 0 Å². The number of hydrogen-bond donors (Lipinski definition) is 0. The van der Waals surface area contributed by atoms with Gasteiger partial charge < -0.3 is 18.2 Å². The Morgan fingerprint density at radius 2 is 0.615 bits per heavy atom. The summed E-state index contributed by atoms with van der Waals surface area (Å²) in [6.07, 6.45) is 0. The molecule has 0 rings (SSSR count). The van der Waals surface area contributed by atoms with Gasteiger partial charge in [-0.3, -0.25) is 16.8 Å². The molecule has 0 saturated heterocycles. The Labute approximate surface area is 171 Å². The maximum atomic E-state index is 8.52. The van der Waals surface area contributed by atoms with Gasteiger partial charge in [0.25, 0.3) is 0 Å². The molecule has 69 valence electrons. The summed E-state index contributed by atoms with van der Waals surface area (Å²) >= 11 is 0. The molecule has 13 heavy (non-hydrogen) atoms. The molecule has 0 spiro atoms. The molecule has 0 fully saturated rings. The van der Waals surface area contributed by atoms with Crippen LogP contribution in [0.2, 0.25) is 0 Å². The van der Waals surface area contributed by atoms with E-state index in [1.165, 1.54) is 0 Å². The van der Waals surface area contributed by atoms with E-state index in [1.807, 2.05) is 0 Å². The third-order valence-corrected chi connectivity index (χ3v) is 0. The van der Waals surface area contributed by atoms with Crippen molar-refractivity contribution in [3.8, 4) is 0 Å². The summed E-state index contributed by atoms with van der Waals surface area (Å²) in [5.74, 6) is 0. The van der Waals surface area contributed by atoms with Gasteiger partial charge in [0.2, 0.25) is 0 Å². The Morgan fingerprint density at radius 3 is 0.615 bits per heavy atom. The van der Waals surface area contributed by atoms with E-state index in [0.717, 1.165) is 0 Å². The quantitative estimate of drug-likeness (QED) is 0.241. The summed E-state index contributed by atoms with van der Waals surface area (Å²) in [5.41, 5.74) is 0. The van der Waals surface area contributed by atoms with Crippen molar-refractivity contribution in [2.45, 2.75) is 0 Å².